The van der Waals surface area contributed by atoms with Crippen LogP contribution in [0.2, 0.25) is 0 Å². The average molecular weight is 472 g/mol. The van der Waals surface area contributed by atoms with Gasteiger partial charge in [0.05, 0.1) is 56.8 Å². The summed E-state index contributed by atoms with van der Waals surface area (Å²) in [6, 6.07) is 4.02. The lowest BCUT2D eigenvalue weighted by molar-refractivity contribution is 0.0696. The molecule has 1 aromatic rings. The van der Waals surface area contributed by atoms with Gasteiger partial charge in [0.25, 0.3) is 0 Å². The molecule has 0 saturated carbocycles. The fourth-order valence-corrected chi connectivity index (χ4v) is 4.16. The Bertz CT molecular complexity index is 1630. The molecule has 172 valence electrons. The Kier molecular flexibility index (Phi) is 4.86. The Balaban J connectivity index is 1.52. The molecule has 36 heavy (non-hydrogen) atoms. The number of benzene rings is 1. The standard InChI is InChI=1S/C28H16N4O4/c33-27(34)16-7-15(8-17(9-16)28(35)36)25-13-24-12-22-4-3-20(30-22)10-18-1-2-19(29-18)11-21-5-6-23(31-21)14-26(25)32-24/h1-14H,(H,33,34)(H,35,36). The normalized spacial score (nSPS) is 19.1. The minimum absolute atomic E-state index is 0.122. The Morgan fingerprint density at radius 3 is 1.50 bits per heavy atom. The maximum atomic E-state index is 11.7. The van der Waals surface area contributed by atoms with Crippen LogP contribution >= 0.6 is 0 Å². The van der Waals surface area contributed by atoms with Crippen LogP contribution in [0.15, 0.2) is 128 Å². The molecule has 8 bridgehead atoms. The molecule has 5 aliphatic rings. The lowest BCUT2D eigenvalue weighted by atomic mass is 9.96. The molecule has 8 nitrogen and oxygen atoms in total. The molecule has 0 radical (unpaired) electrons. The van der Waals surface area contributed by atoms with Crippen molar-refractivity contribution in [2.24, 2.45) is 20.0 Å². The molecule has 0 spiro atoms. The highest BCUT2D eigenvalue weighted by Gasteiger charge is 2.21. The molecule has 0 amide bonds. The van der Waals surface area contributed by atoms with Crippen molar-refractivity contribution < 1.29 is 19.8 Å². The van der Waals surface area contributed by atoms with Crippen LogP contribution in [0.1, 0.15) is 26.3 Å². The van der Waals surface area contributed by atoms with E-state index in [4.69, 9.17) is 4.99 Å². The third-order valence-electron chi connectivity index (χ3n) is 5.78. The van der Waals surface area contributed by atoms with Crippen molar-refractivity contribution in [2.45, 2.75) is 0 Å². The molecular weight excluding hydrogens is 456 g/mol. The highest BCUT2D eigenvalue weighted by molar-refractivity contribution is 6.32. The first-order valence-corrected chi connectivity index (χ1v) is 11.0. The average Bonchev–Trinajstić information content (AvgIpc) is 3.64. The second-order valence-corrected chi connectivity index (χ2v) is 8.35. The van der Waals surface area contributed by atoms with E-state index in [-0.39, 0.29) is 11.1 Å². The van der Waals surface area contributed by atoms with Crippen molar-refractivity contribution >= 4 is 40.4 Å². The number of fused-ring (bicyclic) bond motifs is 4. The monoisotopic (exact) mass is 472 g/mol. The highest BCUT2D eigenvalue weighted by Crippen LogP contribution is 2.30. The van der Waals surface area contributed by atoms with Gasteiger partial charge in [0, 0.05) is 5.57 Å². The lowest BCUT2D eigenvalue weighted by Gasteiger charge is -2.07. The van der Waals surface area contributed by atoms with Crippen molar-refractivity contribution in [3.05, 3.63) is 125 Å². The molecule has 0 fully saturated rings. The van der Waals surface area contributed by atoms with E-state index < -0.39 is 11.9 Å². The van der Waals surface area contributed by atoms with Crippen LogP contribution in [-0.4, -0.2) is 45.0 Å². The van der Waals surface area contributed by atoms with Crippen LogP contribution in [0.5, 0.6) is 0 Å². The number of allylic oxidation sites excluding steroid dienone is 12. The molecule has 0 saturated heterocycles. The van der Waals surface area contributed by atoms with Crippen molar-refractivity contribution in [3.8, 4) is 0 Å². The van der Waals surface area contributed by atoms with E-state index in [1.165, 1.54) is 12.1 Å². The number of rotatable bonds is 3. The third kappa shape index (κ3) is 4.07. The van der Waals surface area contributed by atoms with Crippen LogP contribution in [0.4, 0.5) is 0 Å². The van der Waals surface area contributed by atoms with E-state index in [0.29, 0.717) is 34.0 Å². The van der Waals surface area contributed by atoms with Gasteiger partial charge < -0.3 is 10.2 Å². The molecular formula is C28H16N4O4. The fraction of sp³-hybridized carbons (Fsp3) is 0. The zero-order valence-corrected chi connectivity index (χ0v) is 18.6. The number of aromatic carboxylic acids is 2. The minimum Gasteiger partial charge on any atom is -0.478 e. The van der Waals surface area contributed by atoms with Crippen LogP contribution in [-0.2, 0) is 0 Å². The Labute approximate surface area is 204 Å². The minimum atomic E-state index is -1.21. The number of hydrogen-bond donors (Lipinski definition) is 2. The summed E-state index contributed by atoms with van der Waals surface area (Å²) in [6.07, 6.45) is 20.5. The number of carbonyl (C=O) groups is 2. The van der Waals surface area contributed by atoms with Crippen molar-refractivity contribution in [1.82, 2.24) is 0 Å². The van der Waals surface area contributed by atoms with E-state index in [2.05, 4.69) is 15.0 Å². The molecule has 2 N–H and O–H groups in total. The van der Waals surface area contributed by atoms with Gasteiger partial charge in [-0.2, -0.15) is 0 Å². The van der Waals surface area contributed by atoms with E-state index in [9.17, 15) is 19.8 Å². The van der Waals surface area contributed by atoms with Crippen LogP contribution in [0.3, 0.4) is 0 Å². The zero-order chi connectivity index (χ0) is 24.8. The Hall–Kier alpha value is -5.24. The van der Waals surface area contributed by atoms with Gasteiger partial charge in [0.2, 0.25) is 0 Å². The van der Waals surface area contributed by atoms with Gasteiger partial charge in [-0.1, -0.05) is 0 Å². The van der Waals surface area contributed by atoms with Gasteiger partial charge in [-0.3, -0.25) is 0 Å². The maximum Gasteiger partial charge on any atom is 0.335 e. The van der Waals surface area contributed by atoms with E-state index in [1.807, 2.05) is 54.7 Å². The predicted octanol–water partition coefficient (Wildman–Crippen LogP) is 4.50. The molecule has 5 heterocycles. The van der Waals surface area contributed by atoms with Gasteiger partial charge in [-0.25, -0.2) is 29.6 Å². The molecule has 0 unspecified atom stereocenters. The van der Waals surface area contributed by atoms with Gasteiger partial charge in [-0.05, 0) is 90.6 Å². The summed E-state index contributed by atoms with van der Waals surface area (Å²) in [5.41, 5.74) is 6.30. The molecule has 5 aliphatic heterocycles. The smallest absolute Gasteiger partial charge is 0.335 e. The first kappa shape index (κ1) is 21.3. The lowest BCUT2D eigenvalue weighted by Crippen LogP contribution is -2.05. The summed E-state index contributed by atoms with van der Waals surface area (Å²) < 4.78 is 0. The van der Waals surface area contributed by atoms with Gasteiger partial charge in [-0.15, -0.1) is 0 Å². The number of carboxylic acid groups (broad SMARTS) is 2. The van der Waals surface area contributed by atoms with Crippen LogP contribution in [0.25, 0.3) is 5.57 Å². The summed E-state index contributed by atoms with van der Waals surface area (Å²) in [4.78, 5) is 41.9. The third-order valence-corrected chi connectivity index (χ3v) is 5.78. The number of hydrogen-bond acceptors (Lipinski definition) is 6. The zero-order valence-electron chi connectivity index (χ0n) is 18.6. The van der Waals surface area contributed by atoms with E-state index in [1.54, 1.807) is 12.2 Å². The van der Waals surface area contributed by atoms with Gasteiger partial charge >= 0.3 is 11.9 Å². The van der Waals surface area contributed by atoms with Crippen molar-refractivity contribution in [2.75, 3.05) is 0 Å². The second-order valence-electron chi connectivity index (χ2n) is 8.35. The Morgan fingerprint density at radius 1 is 0.528 bits per heavy atom. The van der Waals surface area contributed by atoms with E-state index in [0.717, 1.165) is 28.9 Å². The largest absolute Gasteiger partial charge is 0.478 e. The number of carboxylic acids is 2. The van der Waals surface area contributed by atoms with Crippen molar-refractivity contribution in [1.29, 1.82) is 0 Å². The maximum absolute atomic E-state index is 11.7. The molecule has 0 aromatic heterocycles. The topological polar surface area (TPSA) is 124 Å². The summed E-state index contributed by atoms with van der Waals surface area (Å²) in [7, 11) is 0. The molecule has 0 aliphatic carbocycles. The van der Waals surface area contributed by atoms with Crippen LogP contribution < -0.4 is 0 Å². The molecule has 1 aromatic carbocycles. The summed E-state index contributed by atoms with van der Waals surface area (Å²) in [6.45, 7) is 0. The van der Waals surface area contributed by atoms with Gasteiger partial charge in [0.1, 0.15) is 0 Å². The molecule has 0 atom stereocenters. The Morgan fingerprint density at radius 2 is 1.00 bits per heavy atom. The van der Waals surface area contributed by atoms with Crippen LogP contribution in [0, 0.1) is 0 Å². The number of nitrogens with zero attached hydrogens (tertiary/aromatic N) is 4. The van der Waals surface area contributed by atoms with E-state index >= 15 is 0 Å². The van der Waals surface area contributed by atoms with Gasteiger partial charge in [0.15, 0.2) is 0 Å². The fourth-order valence-electron chi connectivity index (χ4n) is 4.16. The first-order chi connectivity index (χ1) is 17.4. The second kappa shape index (κ2) is 8.21. The molecule has 8 heteroatoms. The quantitative estimate of drug-likeness (QED) is 0.672. The summed E-state index contributed by atoms with van der Waals surface area (Å²) in [5, 5.41) is 19.1. The van der Waals surface area contributed by atoms with Crippen molar-refractivity contribution in [3.63, 3.8) is 0 Å². The predicted molar refractivity (Wildman–Crippen MR) is 138 cm³/mol. The summed E-state index contributed by atoms with van der Waals surface area (Å²) >= 11 is 0. The number of aliphatic imine (C=N–C) groups is 4. The SMILES string of the molecule is O=C(O)c1cc(C(=O)O)cc(C2=CC3=CC4=NC(=CC5=NC(=CC6=NC(=CC2=N3)C=C6)C=C5)C=C4)c1. The highest BCUT2D eigenvalue weighted by atomic mass is 16.4. The summed E-state index contributed by atoms with van der Waals surface area (Å²) in [5.74, 6) is -2.43. The first-order valence-electron chi connectivity index (χ1n) is 11.0. The molecule has 6 rings (SSSR count).